The van der Waals surface area contributed by atoms with Crippen LogP contribution >= 0.6 is 8.50 Å². The van der Waals surface area contributed by atoms with Gasteiger partial charge in [0, 0.05) is 0 Å². The molecule has 1 aliphatic rings. The van der Waals surface area contributed by atoms with Crippen LogP contribution in [-0.2, 0) is 4.79 Å². The minimum atomic E-state index is 0.428. The van der Waals surface area contributed by atoms with Crippen molar-refractivity contribution in [1.82, 2.24) is 9.62 Å². The maximum atomic E-state index is 10.1. The van der Waals surface area contributed by atoms with Gasteiger partial charge in [-0.15, -0.1) is 0 Å². The number of piperidine rings is 1. The van der Waals surface area contributed by atoms with Gasteiger partial charge in [0.05, 0.1) is 0 Å². The number of nitrogens with one attached hydrogen (secondary N) is 1. The Hall–Kier alpha value is 0.702. The number of hydrogen-bond donors (Lipinski definition) is 1. The van der Waals surface area contributed by atoms with Crippen molar-refractivity contribution in [2.24, 2.45) is 0 Å². The summed E-state index contributed by atoms with van der Waals surface area (Å²) >= 11 is 1.18. The third kappa shape index (κ3) is 3.29. The number of amides is 1. The summed E-state index contributed by atoms with van der Waals surface area (Å²) in [5, 5.41) is 2.82. The SMILES string of the molecule is O=CNC1CCN([S][Pb])CC1. The Bertz CT molecular complexity index is 128. The summed E-state index contributed by atoms with van der Waals surface area (Å²) in [6.45, 7) is 2.25. The van der Waals surface area contributed by atoms with E-state index in [4.69, 9.17) is 0 Å². The summed E-state index contributed by atoms with van der Waals surface area (Å²) in [7, 11) is 1.92. The van der Waals surface area contributed by atoms with Gasteiger partial charge in [0.1, 0.15) is 0 Å². The Balaban J connectivity index is 2.18. The summed E-state index contributed by atoms with van der Waals surface area (Å²) in [6.07, 6.45) is 3.02. The molecule has 3 nitrogen and oxygen atoms in total. The molecule has 61 valence electrons. The molecule has 1 aliphatic heterocycles. The number of carbonyl (C=O) groups is 1. The molecule has 3 radical (unpaired) electrons. The van der Waals surface area contributed by atoms with E-state index in [1.807, 2.05) is 8.50 Å². The van der Waals surface area contributed by atoms with Gasteiger partial charge in [-0.1, -0.05) is 0 Å². The average molecular weight is 366 g/mol. The molecule has 0 bridgehead atoms. The van der Waals surface area contributed by atoms with Crippen molar-refractivity contribution in [1.29, 1.82) is 0 Å². The van der Waals surface area contributed by atoms with Gasteiger partial charge in [-0.3, -0.25) is 0 Å². The quantitative estimate of drug-likeness (QED) is 0.431. The first-order chi connectivity index (χ1) is 5.36. The predicted molar refractivity (Wildman–Crippen MR) is 47.1 cm³/mol. The summed E-state index contributed by atoms with van der Waals surface area (Å²) in [4.78, 5) is 10.1. The molecule has 1 rings (SSSR count). The van der Waals surface area contributed by atoms with Crippen LogP contribution in [0.2, 0.25) is 0 Å². The molecule has 0 spiro atoms. The third-order valence-corrected chi connectivity index (χ3v) is 5.52. The zero-order valence-electron chi connectivity index (χ0n) is 6.25. The normalized spacial score (nSPS) is 21.5. The molecule has 1 amide bonds. The number of carbonyl (C=O) groups excluding carboxylic acids is 1. The fourth-order valence-electron chi connectivity index (χ4n) is 1.21. The van der Waals surface area contributed by atoms with Gasteiger partial charge >= 0.3 is 85.6 Å². The summed E-state index contributed by atoms with van der Waals surface area (Å²) in [6, 6.07) is 0.428. The predicted octanol–water partition coefficient (Wildman–Crippen LogP) is -0.0715. The first-order valence-corrected chi connectivity index (χ1v) is 9.18. The van der Waals surface area contributed by atoms with E-state index >= 15 is 0 Å². The molecule has 0 unspecified atom stereocenters. The molecular weight excluding hydrogens is 355 g/mol. The molecule has 1 saturated heterocycles. The molecule has 1 heterocycles. The van der Waals surface area contributed by atoms with Crippen LogP contribution in [0.1, 0.15) is 12.8 Å². The molecular formula is C6H11N2OPbS. The fraction of sp³-hybridized carbons (Fsp3) is 0.833. The van der Waals surface area contributed by atoms with Crippen molar-refractivity contribution in [3.05, 3.63) is 0 Å². The summed E-state index contributed by atoms with van der Waals surface area (Å²) < 4.78 is 2.38. The maximum absolute atomic E-state index is 10.1. The fourth-order valence-corrected chi connectivity index (χ4v) is 3.73. The van der Waals surface area contributed by atoms with E-state index in [-0.39, 0.29) is 0 Å². The monoisotopic (exact) mass is 367 g/mol. The van der Waals surface area contributed by atoms with E-state index in [0.717, 1.165) is 32.3 Å². The first-order valence-electron chi connectivity index (χ1n) is 3.65. The molecule has 1 fully saturated rings. The van der Waals surface area contributed by atoms with Gasteiger partial charge in [0.15, 0.2) is 0 Å². The van der Waals surface area contributed by atoms with E-state index in [1.165, 1.54) is 24.3 Å². The third-order valence-electron chi connectivity index (χ3n) is 1.89. The number of rotatable bonds is 3. The van der Waals surface area contributed by atoms with Crippen LogP contribution in [-0.4, -0.2) is 54.1 Å². The van der Waals surface area contributed by atoms with Crippen molar-refractivity contribution in [2.45, 2.75) is 18.9 Å². The minimum absolute atomic E-state index is 0.428. The molecule has 1 N–H and O–H groups in total. The van der Waals surface area contributed by atoms with Crippen LogP contribution in [0.15, 0.2) is 0 Å². The van der Waals surface area contributed by atoms with Gasteiger partial charge in [-0.25, -0.2) is 0 Å². The van der Waals surface area contributed by atoms with Gasteiger partial charge in [-0.2, -0.15) is 0 Å². The van der Waals surface area contributed by atoms with E-state index in [1.54, 1.807) is 0 Å². The molecule has 0 aromatic rings. The van der Waals surface area contributed by atoms with Gasteiger partial charge in [0.2, 0.25) is 0 Å². The van der Waals surface area contributed by atoms with Crippen LogP contribution in [0.4, 0.5) is 0 Å². The Morgan fingerprint density at radius 2 is 2.18 bits per heavy atom. The molecule has 0 aromatic heterocycles. The average Bonchev–Trinajstić information content (AvgIpc) is 2.07. The van der Waals surface area contributed by atoms with Gasteiger partial charge in [-0.05, 0) is 0 Å². The number of nitrogens with zero attached hydrogens (tertiary/aromatic N) is 1. The van der Waals surface area contributed by atoms with Crippen LogP contribution in [0.25, 0.3) is 0 Å². The summed E-state index contributed by atoms with van der Waals surface area (Å²) in [5.74, 6) is 0. The Labute approximate surface area is 85.3 Å². The Morgan fingerprint density at radius 1 is 1.55 bits per heavy atom. The molecule has 5 heteroatoms. The van der Waals surface area contributed by atoms with Crippen molar-refractivity contribution in [2.75, 3.05) is 13.1 Å². The van der Waals surface area contributed by atoms with Gasteiger partial charge in [0.25, 0.3) is 0 Å². The molecule has 0 saturated carbocycles. The van der Waals surface area contributed by atoms with Crippen LogP contribution in [0.5, 0.6) is 0 Å². The molecule has 0 aromatic carbocycles. The van der Waals surface area contributed by atoms with Gasteiger partial charge < -0.3 is 0 Å². The van der Waals surface area contributed by atoms with E-state index in [2.05, 4.69) is 9.62 Å². The van der Waals surface area contributed by atoms with E-state index in [0.29, 0.717) is 6.04 Å². The van der Waals surface area contributed by atoms with Crippen molar-refractivity contribution >= 4 is 39.2 Å². The van der Waals surface area contributed by atoms with Crippen LogP contribution in [0.3, 0.4) is 0 Å². The zero-order valence-corrected chi connectivity index (χ0v) is 11.0. The standard InChI is InChI=1S/C6H11N2OS.Pb/c9-5-7-6-1-3-8(10)4-2-6;/h5-6H,1-4H2,(H,7,9);/q-1;+1. The second-order valence-electron chi connectivity index (χ2n) is 2.58. The molecule has 11 heavy (non-hydrogen) atoms. The van der Waals surface area contributed by atoms with Crippen molar-refractivity contribution < 1.29 is 4.79 Å². The topological polar surface area (TPSA) is 32.3 Å². The van der Waals surface area contributed by atoms with Crippen molar-refractivity contribution in [3.8, 4) is 0 Å². The molecule has 0 atom stereocenters. The zero-order chi connectivity index (χ0) is 8.10. The second kappa shape index (κ2) is 5.37. The first kappa shape index (κ1) is 9.79. The molecule has 0 aliphatic carbocycles. The van der Waals surface area contributed by atoms with Crippen LogP contribution < -0.4 is 5.32 Å². The summed E-state index contributed by atoms with van der Waals surface area (Å²) in [5.41, 5.74) is 0. The second-order valence-corrected chi connectivity index (χ2v) is 5.41. The van der Waals surface area contributed by atoms with E-state index in [9.17, 15) is 4.79 Å². The van der Waals surface area contributed by atoms with Crippen LogP contribution in [0, 0.1) is 0 Å². The Morgan fingerprint density at radius 3 is 2.64 bits per heavy atom. The van der Waals surface area contributed by atoms with Crippen molar-refractivity contribution in [3.63, 3.8) is 0 Å². The van der Waals surface area contributed by atoms with E-state index < -0.39 is 0 Å². The Kier molecular flexibility index (Phi) is 4.77. The number of hydrogen-bond acceptors (Lipinski definition) is 3.